The van der Waals surface area contributed by atoms with Crippen LogP contribution in [0.3, 0.4) is 0 Å². The number of carbonyl (C=O) groups is 2. The molecule has 1 saturated heterocycles. The van der Waals surface area contributed by atoms with Crippen LogP contribution in [0.1, 0.15) is 28.8 Å². The van der Waals surface area contributed by atoms with E-state index < -0.39 is 16.0 Å². The lowest BCUT2D eigenvalue weighted by Gasteiger charge is -2.32. The van der Waals surface area contributed by atoms with E-state index >= 15 is 0 Å². The molecule has 200 valence electrons. The maximum Gasteiger partial charge on any atom is 0.335 e. The van der Waals surface area contributed by atoms with Crippen LogP contribution in [-0.4, -0.2) is 55.8 Å². The Balaban J connectivity index is 1.20. The van der Waals surface area contributed by atoms with E-state index in [1.165, 1.54) is 12.1 Å². The summed E-state index contributed by atoms with van der Waals surface area (Å²) in [6.45, 7) is 2.46. The number of hydrogen-bond donors (Lipinski definition) is 4. The predicted molar refractivity (Wildman–Crippen MR) is 145 cm³/mol. The fraction of sp³-hybridized carbons (Fsp3) is 0.259. The van der Waals surface area contributed by atoms with E-state index in [1.54, 1.807) is 36.4 Å². The van der Waals surface area contributed by atoms with Gasteiger partial charge in [-0.15, -0.1) is 0 Å². The molecule has 0 aliphatic carbocycles. The number of carbonyl (C=O) groups excluding carboxylic acids is 1. The van der Waals surface area contributed by atoms with E-state index in [2.05, 4.69) is 20.3 Å². The first-order valence-electron chi connectivity index (χ1n) is 12.1. The minimum Gasteiger partial charge on any atom is -0.478 e. The number of carboxylic acid groups (broad SMARTS) is 1. The molecule has 1 heterocycles. The van der Waals surface area contributed by atoms with Gasteiger partial charge in [0.25, 0.3) is 0 Å². The van der Waals surface area contributed by atoms with Gasteiger partial charge in [0.1, 0.15) is 11.5 Å². The molecule has 3 aromatic carbocycles. The summed E-state index contributed by atoms with van der Waals surface area (Å²) < 4.78 is 30.9. The normalized spacial score (nSPS) is 14.4. The zero-order chi connectivity index (χ0) is 27.1. The summed E-state index contributed by atoms with van der Waals surface area (Å²) >= 11 is 0. The van der Waals surface area contributed by atoms with Crippen LogP contribution in [-0.2, 0) is 16.6 Å². The van der Waals surface area contributed by atoms with Gasteiger partial charge in [-0.25, -0.2) is 18.0 Å². The molecule has 0 spiro atoms. The van der Waals surface area contributed by atoms with Crippen molar-refractivity contribution in [3.05, 3.63) is 83.9 Å². The number of benzene rings is 3. The number of urea groups is 1. The predicted octanol–water partition coefficient (Wildman–Crippen LogP) is 4.33. The molecule has 2 amide bonds. The minimum absolute atomic E-state index is 0.0451. The van der Waals surface area contributed by atoms with Gasteiger partial charge in [-0.2, -0.15) is 0 Å². The van der Waals surface area contributed by atoms with Crippen LogP contribution in [0.5, 0.6) is 11.5 Å². The molecule has 1 aliphatic rings. The first-order chi connectivity index (χ1) is 18.1. The standard InChI is InChI=1S/C27H30N4O6S/c1-38(35,36)30-22-7-11-25(12-8-22)37-24-9-5-19(6-10-24)18-31-15-13-21(14-16-31)28-27(34)29-23-4-2-3-20(17-23)26(32)33/h2-12,17,21,30H,13-16,18H2,1H3,(H,32,33)(H2,28,29,34). The number of carboxylic acids is 1. The van der Waals surface area contributed by atoms with E-state index in [1.807, 2.05) is 24.3 Å². The van der Waals surface area contributed by atoms with Gasteiger partial charge in [-0.3, -0.25) is 9.62 Å². The number of hydrogen-bond acceptors (Lipinski definition) is 6. The molecular weight excluding hydrogens is 508 g/mol. The maximum absolute atomic E-state index is 12.3. The average molecular weight is 539 g/mol. The number of piperidine rings is 1. The van der Waals surface area contributed by atoms with Gasteiger partial charge in [0.2, 0.25) is 10.0 Å². The second-order valence-corrected chi connectivity index (χ2v) is 10.9. The summed E-state index contributed by atoms with van der Waals surface area (Å²) in [6.07, 6.45) is 2.73. The second-order valence-electron chi connectivity index (χ2n) is 9.18. The van der Waals surface area contributed by atoms with Gasteiger partial charge in [0.05, 0.1) is 11.8 Å². The zero-order valence-corrected chi connectivity index (χ0v) is 21.7. The number of likely N-dealkylation sites (tertiary alicyclic amines) is 1. The van der Waals surface area contributed by atoms with Crippen LogP contribution in [0.4, 0.5) is 16.2 Å². The van der Waals surface area contributed by atoms with Gasteiger partial charge >= 0.3 is 12.0 Å². The fourth-order valence-electron chi connectivity index (χ4n) is 4.18. The highest BCUT2D eigenvalue weighted by Gasteiger charge is 2.21. The molecule has 10 nitrogen and oxygen atoms in total. The molecule has 0 radical (unpaired) electrons. The van der Waals surface area contributed by atoms with Crippen LogP contribution < -0.4 is 20.1 Å². The van der Waals surface area contributed by atoms with Gasteiger partial charge in [0, 0.05) is 37.1 Å². The summed E-state index contributed by atoms with van der Waals surface area (Å²) in [5, 5.41) is 14.8. The number of nitrogens with one attached hydrogen (secondary N) is 3. The Morgan fingerprint density at radius 1 is 0.947 bits per heavy atom. The molecular formula is C27H30N4O6S. The van der Waals surface area contributed by atoms with Crippen LogP contribution in [0.25, 0.3) is 0 Å². The van der Waals surface area contributed by atoms with Crippen molar-refractivity contribution in [3.8, 4) is 11.5 Å². The molecule has 0 bridgehead atoms. The molecule has 0 saturated carbocycles. The number of nitrogens with zero attached hydrogens (tertiary/aromatic N) is 1. The lowest BCUT2D eigenvalue weighted by molar-refractivity contribution is 0.0697. The molecule has 4 rings (SSSR count). The van der Waals surface area contributed by atoms with Crippen LogP contribution in [0.15, 0.2) is 72.8 Å². The molecule has 3 aromatic rings. The monoisotopic (exact) mass is 538 g/mol. The summed E-state index contributed by atoms with van der Waals surface area (Å²) in [4.78, 5) is 25.8. The average Bonchev–Trinajstić information content (AvgIpc) is 2.87. The summed E-state index contributed by atoms with van der Waals surface area (Å²) in [7, 11) is -3.32. The fourth-order valence-corrected chi connectivity index (χ4v) is 4.74. The van der Waals surface area contributed by atoms with Gasteiger partial charge < -0.3 is 20.5 Å². The maximum atomic E-state index is 12.3. The van der Waals surface area contributed by atoms with Crippen molar-refractivity contribution in [3.63, 3.8) is 0 Å². The number of sulfonamides is 1. The first kappa shape index (κ1) is 27.0. The Kier molecular flexibility index (Phi) is 8.49. The smallest absolute Gasteiger partial charge is 0.335 e. The third-order valence-electron chi connectivity index (χ3n) is 6.01. The van der Waals surface area contributed by atoms with Crippen molar-refractivity contribution in [2.75, 3.05) is 29.4 Å². The number of anilines is 2. The van der Waals surface area contributed by atoms with Crippen molar-refractivity contribution < 1.29 is 27.9 Å². The molecule has 1 fully saturated rings. The number of rotatable bonds is 9. The lowest BCUT2D eigenvalue weighted by atomic mass is 10.0. The Morgan fingerprint density at radius 3 is 2.18 bits per heavy atom. The molecule has 4 N–H and O–H groups in total. The van der Waals surface area contributed by atoms with Crippen LogP contribution in [0, 0.1) is 0 Å². The zero-order valence-electron chi connectivity index (χ0n) is 20.9. The van der Waals surface area contributed by atoms with Crippen molar-refractivity contribution in [1.29, 1.82) is 0 Å². The van der Waals surface area contributed by atoms with Gasteiger partial charge in [-0.05, 0) is 73.0 Å². The van der Waals surface area contributed by atoms with Gasteiger partial charge in [0.15, 0.2) is 0 Å². The molecule has 0 atom stereocenters. The Morgan fingerprint density at radius 2 is 1.58 bits per heavy atom. The largest absolute Gasteiger partial charge is 0.478 e. The Hall–Kier alpha value is -4.09. The SMILES string of the molecule is CS(=O)(=O)Nc1ccc(Oc2ccc(CN3CCC(NC(=O)Nc4cccc(C(=O)O)c4)CC3)cc2)cc1. The second kappa shape index (κ2) is 12.0. The van der Waals surface area contributed by atoms with Crippen molar-refractivity contribution >= 4 is 33.4 Å². The minimum atomic E-state index is -3.32. The van der Waals surface area contributed by atoms with Crippen molar-refractivity contribution in [2.24, 2.45) is 0 Å². The molecule has 0 unspecified atom stereocenters. The summed E-state index contributed by atoms with van der Waals surface area (Å²) in [6, 6.07) is 20.4. The van der Waals surface area contributed by atoms with E-state index in [0.717, 1.165) is 44.3 Å². The highest BCUT2D eigenvalue weighted by atomic mass is 32.2. The Labute approximate surface area is 221 Å². The highest BCUT2D eigenvalue weighted by Crippen LogP contribution is 2.24. The van der Waals surface area contributed by atoms with E-state index in [4.69, 9.17) is 9.84 Å². The first-order valence-corrected chi connectivity index (χ1v) is 14.0. The summed E-state index contributed by atoms with van der Waals surface area (Å²) in [5.41, 5.74) is 2.18. The quantitative estimate of drug-likeness (QED) is 0.318. The van der Waals surface area contributed by atoms with E-state index in [0.29, 0.717) is 22.9 Å². The topological polar surface area (TPSA) is 137 Å². The van der Waals surface area contributed by atoms with Crippen molar-refractivity contribution in [2.45, 2.75) is 25.4 Å². The molecule has 1 aliphatic heterocycles. The third-order valence-corrected chi connectivity index (χ3v) is 6.62. The number of aromatic carboxylic acids is 1. The summed E-state index contributed by atoms with van der Waals surface area (Å²) in [5.74, 6) is 0.241. The molecule has 11 heteroatoms. The third kappa shape index (κ3) is 8.22. The van der Waals surface area contributed by atoms with Gasteiger partial charge in [-0.1, -0.05) is 18.2 Å². The number of amides is 2. The number of ether oxygens (including phenoxy) is 1. The highest BCUT2D eigenvalue weighted by molar-refractivity contribution is 7.92. The lowest BCUT2D eigenvalue weighted by Crippen LogP contribution is -2.45. The Bertz CT molecular complexity index is 1370. The van der Waals surface area contributed by atoms with Crippen LogP contribution in [0.2, 0.25) is 0 Å². The molecule has 0 aromatic heterocycles. The van der Waals surface area contributed by atoms with Crippen molar-refractivity contribution in [1.82, 2.24) is 10.2 Å². The van der Waals surface area contributed by atoms with E-state index in [9.17, 15) is 18.0 Å². The van der Waals surface area contributed by atoms with Crippen LogP contribution >= 0.6 is 0 Å². The van der Waals surface area contributed by atoms with E-state index in [-0.39, 0.29) is 17.6 Å². The molecule has 38 heavy (non-hydrogen) atoms.